The van der Waals surface area contributed by atoms with E-state index in [2.05, 4.69) is 9.98 Å². The van der Waals surface area contributed by atoms with Crippen LogP contribution in [0, 0.1) is 0 Å². The molecule has 0 aliphatic rings. The molecule has 0 aliphatic carbocycles. The van der Waals surface area contributed by atoms with Gasteiger partial charge in [-0.1, -0.05) is 6.07 Å². The summed E-state index contributed by atoms with van der Waals surface area (Å²) in [6.45, 7) is 0.726. The molecule has 0 saturated carbocycles. The lowest BCUT2D eigenvalue weighted by Crippen LogP contribution is -2.34. The van der Waals surface area contributed by atoms with Crippen LogP contribution in [0.4, 0.5) is 0 Å². The molecule has 0 aromatic carbocycles. The van der Waals surface area contributed by atoms with Crippen LogP contribution in [-0.2, 0) is 6.54 Å². The number of aliphatic imine (C=N–C) groups is 2. The first-order chi connectivity index (χ1) is 7.13. The maximum Gasteiger partial charge on any atom is 0.218 e. The Morgan fingerprint density at radius 1 is 1.53 bits per heavy atom. The molecule has 0 bridgehead atoms. The van der Waals surface area contributed by atoms with Crippen LogP contribution in [0.1, 0.15) is 4.88 Å². The van der Waals surface area contributed by atoms with Crippen molar-refractivity contribution < 1.29 is 0 Å². The summed E-state index contributed by atoms with van der Waals surface area (Å²) in [7, 11) is 3.44. The van der Waals surface area contributed by atoms with Crippen LogP contribution in [0.3, 0.4) is 0 Å². The van der Waals surface area contributed by atoms with Crippen LogP contribution in [0.15, 0.2) is 27.5 Å². The minimum atomic E-state index is 0.186. The number of rotatable bonds is 2. The molecule has 0 aliphatic heterocycles. The van der Waals surface area contributed by atoms with Crippen LogP contribution in [0.2, 0.25) is 0 Å². The summed E-state index contributed by atoms with van der Waals surface area (Å²) in [4.78, 5) is 10.7. The Kier molecular flexibility index (Phi) is 4.11. The van der Waals surface area contributed by atoms with E-state index in [4.69, 9.17) is 11.5 Å². The van der Waals surface area contributed by atoms with Crippen molar-refractivity contribution in [3.05, 3.63) is 22.4 Å². The van der Waals surface area contributed by atoms with Crippen LogP contribution in [0.5, 0.6) is 0 Å². The van der Waals surface area contributed by atoms with E-state index in [0.717, 1.165) is 6.54 Å². The summed E-state index contributed by atoms with van der Waals surface area (Å²) in [5.41, 5.74) is 11.2. The molecule has 0 fully saturated rings. The van der Waals surface area contributed by atoms with Gasteiger partial charge in [-0.15, -0.1) is 11.3 Å². The van der Waals surface area contributed by atoms with Crippen molar-refractivity contribution in [2.45, 2.75) is 6.54 Å². The van der Waals surface area contributed by atoms with Gasteiger partial charge in [0.15, 0.2) is 5.96 Å². The van der Waals surface area contributed by atoms with Gasteiger partial charge in [0.2, 0.25) is 5.96 Å². The fourth-order valence-electron chi connectivity index (χ4n) is 0.970. The van der Waals surface area contributed by atoms with Crippen LogP contribution >= 0.6 is 11.3 Å². The lowest BCUT2D eigenvalue weighted by molar-refractivity contribution is 0.500. The fourth-order valence-corrected chi connectivity index (χ4v) is 1.73. The largest absolute Gasteiger partial charge is 0.369 e. The second-order valence-electron chi connectivity index (χ2n) is 2.99. The summed E-state index contributed by atoms with van der Waals surface area (Å²) < 4.78 is 0. The third-order valence-corrected chi connectivity index (χ3v) is 2.68. The molecule has 0 amide bonds. The monoisotopic (exact) mass is 225 g/mol. The van der Waals surface area contributed by atoms with Gasteiger partial charge in [-0.05, 0) is 11.4 Å². The van der Waals surface area contributed by atoms with Gasteiger partial charge in [0.05, 0.1) is 6.54 Å². The fraction of sp³-hybridized carbons (Fsp3) is 0.333. The van der Waals surface area contributed by atoms with Crippen LogP contribution in [-0.4, -0.2) is 30.9 Å². The molecular weight excluding hydrogens is 210 g/mol. The minimum Gasteiger partial charge on any atom is -0.369 e. The zero-order chi connectivity index (χ0) is 11.3. The number of hydrogen-bond acceptors (Lipinski definition) is 2. The smallest absolute Gasteiger partial charge is 0.218 e. The molecule has 0 radical (unpaired) electrons. The Balaban J connectivity index is 2.61. The zero-order valence-electron chi connectivity index (χ0n) is 8.84. The highest BCUT2D eigenvalue weighted by Gasteiger charge is 2.04. The Morgan fingerprint density at radius 3 is 2.80 bits per heavy atom. The molecule has 1 aromatic heterocycles. The first kappa shape index (κ1) is 11.5. The van der Waals surface area contributed by atoms with Gasteiger partial charge < -0.3 is 16.4 Å². The lowest BCUT2D eigenvalue weighted by atomic mass is 10.4. The normalized spacial score (nSPS) is 12.9. The van der Waals surface area contributed by atoms with Crippen molar-refractivity contribution in [2.75, 3.05) is 14.1 Å². The third kappa shape index (κ3) is 3.59. The van der Waals surface area contributed by atoms with Gasteiger partial charge in [-0.25, -0.2) is 0 Å². The maximum absolute atomic E-state index is 5.73. The third-order valence-electron chi connectivity index (χ3n) is 1.82. The molecule has 1 aromatic rings. The van der Waals surface area contributed by atoms with E-state index in [9.17, 15) is 0 Å². The molecule has 0 unspecified atom stereocenters. The SMILES string of the molecule is CN=C(N)N=C(N)N(C)Cc1cccs1. The average Bonchev–Trinajstić information content (AvgIpc) is 2.70. The van der Waals surface area contributed by atoms with Crippen molar-refractivity contribution >= 4 is 23.3 Å². The molecular formula is C9H15N5S. The molecule has 1 heterocycles. The Labute approximate surface area is 93.1 Å². The molecule has 6 heteroatoms. The van der Waals surface area contributed by atoms with Crippen molar-refractivity contribution in [3.8, 4) is 0 Å². The molecule has 1 rings (SSSR count). The molecule has 82 valence electrons. The summed E-state index contributed by atoms with van der Waals surface area (Å²) >= 11 is 1.68. The standard InChI is InChI=1S/C9H15N5S/c1-12-8(10)13-9(11)14(2)6-7-4-3-5-15-7/h3-5H,6H2,1-2H3,(H4,10,11,12,13). The predicted molar refractivity (Wildman–Crippen MR) is 65.0 cm³/mol. The Hall–Kier alpha value is -1.56. The van der Waals surface area contributed by atoms with Gasteiger partial charge >= 0.3 is 0 Å². The highest BCUT2D eigenvalue weighted by molar-refractivity contribution is 7.09. The molecule has 0 saturated heterocycles. The maximum atomic E-state index is 5.73. The van der Waals surface area contributed by atoms with E-state index >= 15 is 0 Å². The number of nitrogens with zero attached hydrogens (tertiary/aromatic N) is 3. The molecule has 0 atom stereocenters. The highest BCUT2D eigenvalue weighted by Crippen LogP contribution is 2.10. The minimum absolute atomic E-state index is 0.186. The molecule has 15 heavy (non-hydrogen) atoms. The van der Waals surface area contributed by atoms with Gasteiger partial charge in [0, 0.05) is 19.0 Å². The molecule has 4 N–H and O–H groups in total. The van der Waals surface area contributed by atoms with Crippen molar-refractivity contribution in [2.24, 2.45) is 21.5 Å². The number of hydrogen-bond donors (Lipinski definition) is 2. The predicted octanol–water partition coefficient (Wildman–Crippen LogP) is 0.439. The number of nitrogens with two attached hydrogens (primary N) is 2. The summed E-state index contributed by atoms with van der Waals surface area (Å²) in [6, 6.07) is 4.05. The van der Waals surface area contributed by atoms with E-state index in [1.807, 2.05) is 29.5 Å². The van der Waals surface area contributed by atoms with Crippen molar-refractivity contribution in [1.29, 1.82) is 0 Å². The van der Waals surface area contributed by atoms with E-state index in [1.165, 1.54) is 4.88 Å². The van der Waals surface area contributed by atoms with Gasteiger partial charge in [-0.2, -0.15) is 4.99 Å². The lowest BCUT2D eigenvalue weighted by Gasteiger charge is -2.16. The second kappa shape index (κ2) is 5.35. The van der Waals surface area contributed by atoms with E-state index < -0.39 is 0 Å². The summed E-state index contributed by atoms with van der Waals surface area (Å²) in [6.07, 6.45) is 0. The van der Waals surface area contributed by atoms with Crippen molar-refractivity contribution in [1.82, 2.24) is 4.90 Å². The Bertz CT molecular complexity index is 355. The molecule has 5 nitrogen and oxygen atoms in total. The van der Waals surface area contributed by atoms with Crippen LogP contribution < -0.4 is 11.5 Å². The first-order valence-corrected chi connectivity index (χ1v) is 5.31. The van der Waals surface area contributed by atoms with Gasteiger partial charge in [0.1, 0.15) is 0 Å². The van der Waals surface area contributed by atoms with E-state index in [1.54, 1.807) is 18.4 Å². The summed E-state index contributed by atoms with van der Waals surface area (Å²) in [5, 5.41) is 2.03. The average molecular weight is 225 g/mol. The number of thiophene rings is 1. The van der Waals surface area contributed by atoms with Gasteiger partial charge in [0.25, 0.3) is 0 Å². The van der Waals surface area contributed by atoms with Crippen LogP contribution in [0.25, 0.3) is 0 Å². The first-order valence-electron chi connectivity index (χ1n) is 4.43. The van der Waals surface area contributed by atoms with Gasteiger partial charge in [-0.3, -0.25) is 4.99 Å². The summed E-state index contributed by atoms with van der Waals surface area (Å²) in [5.74, 6) is 0.553. The Morgan fingerprint density at radius 2 is 2.27 bits per heavy atom. The van der Waals surface area contributed by atoms with Crippen molar-refractivity contribution in [3.63, 3.8) is 0 Å². The second-order valence-corrected chi connectivity index (χ2v) is 4.02. The molecule has 0 spiro atoms. The van der Waals surface area contributed by atoms with E-state index in [-0.39, 0.29) is 5.96 Å². The number of guanidine groups is 2. The van der Waals surface area contributed by atoms with E-state index in [0.29, 0.717) is 5.96 Å². The topological polar surface area (TPSA) is 80.0 Å². The highest BCUT2D eigenvalue weighted by atomic mass is 32.1. The zero-order valence-corrected chi connectivity index (χ0v) is 9.66. The quantitative estimate of drug-likeness (QED) is 0.566.